The highest BCUT2D eigenvalue weighted by Crippen LogP contribution is 2.28. The number of rotatable bonds is 4. The molecule has 0 atom stereocenters. The maximum atomic E-state index is 12.4. The molecule has 0 bridgehead atoms. The smallest absolute Gasteiger partial charge is 0.261 e. The van der Waals surface area contributed by atoms with E-state index in [0.29, 0.717) is 22.2 Å². The first-order valence-corrected chi connectivity index (χ1v) is 7.72. The molecule has 1 aromatic carbocycles. The van der Waals surface area contributed by atoms with E-state index in [-0.39, 0.29) is 11.3 Å². The van der Waals surface area contributed by atoms with Crippen LogP contribution in [0.4, 0.5) is 5.13 Å². The number of thiazole rings is 1. The van der Waals surface area contributed by atoms with Gasteiger partial charge in [0.05, 0.1) is 25.5 Å². The van der Waals surface area contributed by atoms with E-state index in [0.717, 1.165) is 5.69 Å². The first kappa shape index (κ1) is 16.3. The van der Waals surface area contributed by atoms with E-state index < -0.39 is 0 Å². The van der Waals surface area contributed by atoms with Crippen LogP contribution in [-0.4, -0.2) is 25.1 Å². The molecule has 0 fully saturated rings. The Kier molecular flexibility index (Phi) is 4.71. The van der Waals surface area contributed by atoms with Crippen molar-refractivity contribution in [2.45, 2.75) is 26.2 Å². The second-order valence-electron chi connectivity index (χ2n) is 5.81. The van der Waals surface area contributed by atoms with Crippen LogP contribution in [0.5, 0.6) is 11.5 Å². The number of hydrogen-bond acceptors (Lipinski definition) is 5. The molecule has 6 heteroatoms. The molecule has 2 rings (SSSR count). The summed E-state index contributed by atoms with van der Waals surface area (Å²) in [6, 6.07) is 5.07. The van der Waals surface area contributed by atoms with Crippen LogP contribution in [0.15, 0.2) is 23.6 Å². The van der Waals surface area contributed by atoms with Crippen LogP contribution in [0.1, 0.15) is 36.8 Å². The van der Waals surface area contributed by atoms with E-state index in [2.05, 4.69) is 31.1 Å². The van der Waals surface area contributed by atoms with Gasteiger partial charge in [0.1, 0.15) is 11.5 Å². The highest BCUT2D eigenvalue weighted by atomic mass is 32.1. The Labute approximate surface area is 134 Å². The van der Waals surface area contributed by atoms with E-state index in [1.165, 1.54) is 18.4 Å². The quantitative estimate of drug-likeness (QED) is 0.933. The normalized spacial score (nSPS) is 11.1. The zero-order chi connectivity index (χ0) is 16.3. The minimum absolute atomic E-state index is 0.0444. The van der Waals surface area contributed by atoms with E-state index >= 15 is 0 Å². The summed E-state index contributed by atoms with van der Waals surface area (Å²) in [7, 11) is 3.09. The Bertz CT molecular complexity index is 674. The summed E-state index contributed by atoms with van der Waals surface area (Å²) in [4.78, 5) is 16.8. The third-order valence-electron chi connectivity index (χ3n) is 3.15. The second kappa shape index (κ2) is 6.36. The molecule has 0 saturated heterocycles. The summed E-state index contributed by atoms with van der Waals surface area (Å²) >= 11 is 1.41. The molecule has 0 aliphatic carbocycles. The average Bonchev–Trinajstić information content (AvgIpc) is 2.95. The van der Waals surface area contributed by atoms with Crippen LogP contribution in [0.3, 0.4) is 0 Å². The van der Waals surface area contributed by atoms with Gasteiger partial charge in [0.2, 0.25) is 0 Å². The van der Waals surface area contributed by atoms with Gasteiger partial charge in [-0.25, -0.2) is 4.98 Å². The van der Waals surface area contributed by atoms with Crippen molar-refractivity contribution in [1.82, 2.24) is 4.98 Å². The molecule has 1 aromatic heterocycles. The van der Waals surface area contributed by atoms with Gasteiger partial charge in [-0.15, -0.1) is 11.3 Å². The van der Waals surface area contributed by atoms with Gasteiger partial charge in [-0.3, -0.25) is 10.1 Å². The van der Waals surface area contributed by atoms with E-state index in [1.54, 1.807) is 25.3 Å². The number of hydrogen-bond donors (Lipinski definition) is 1. The van der Waals surface area contributed by atoms with Gasteiger partial charge in [-0.2, -0.15) is 0 Å². The van der Waals surface area contributed by atoms with Crippen molar-refractivity contribution >= 4 is 22.4 Å². The van der Waals surface area contributed by atoms with Gasteiger partial charge in [-0.05, 0) is 12.1 Å². The maximum Gasteiger partial charge on any atom is 0.261 e. The molecule has 0 saturated carbocycles. The van der Waals surface area contributed by atoms with Gasteiger partial charge < -0.3 is 9.47 Å². The lowest BCUT2D eigenvalue weighted by atomic mass is 9.93. The van der Waals surface area contributed by atoms with Gasteiger partial charge >= 0.3 is 0 Å². The number of benzene rings is 1. The number of amides is 1. The van der Waals surface area contributed by atoms with Crippen LogP contribution in [-0.2, 0) is 5.41 Å². The van der Waals surface area contributed by atoms with Crippen molar-refractivity contribution < 1.29 is 14.3 Å². The Morgan fingerprint density at radius 3 is 2.50 bits per heavy atom. The van der Waals surface area contributed by atoms with Crippen molar-refractivity contribution in [3.63, 3.8) is 0 Å². The van der Waals surface area contributed by atoms with Gasteiger partial charge in [0.15, 0.2) is 5.13 Å². The van der Waals surface area contributed by atoms with Crippen LogP contribution >= 0.6 is 11.3 Å². The van der Waals surface area contributed by atoms with Crippen molar-refractivity contribution in [1.29, 1.82) is 0 Å². The predicted molar refractivity (Wildman–Crippen MR) is 88.3 cm³/mol. The predicted octanol–water partition coefficient (Wildman–Crippen LogP) is 3.71. The van der Waals surface area contributed by atoms with Crippen molar-refractivity contribution in [3.8, 4) is 11.5 Å². The Morgan fingerprint density at radius 1 is 1.23 bits per heavy atom. The summed E-state index contributed by atoms with van der Waals surface area (Å²) in [5, 5.41) is 5.35. The molecule has 0 radical (unpaired) electrons. The average molecular weight is 320 g/mol. The monoisotopic (exact) mass is 320 g/mol. The topological polar surface area (TPSA) is 60.5 Å². The Hall–Kier alpha value is -2.08. The number of carbonyl (C=O) groups is 1. The number of nitrogens with zero attached hydrogens (tertiary/aromatic N) is 1. The second-order valence-corrected chi connectivity index (χ2v) is 6.67. The number of ether oxygens (including phenoxy) is 2. The van der Waals surface area contributed by atoms with Gasteiger partial charge in [0.25, 0.3) is 5.91 Å². The maximum absolute atomic E-state index is 12.4. The third kappa shape index (κ3) is 3.57. The SMILES string of the molecule is COc1ccc(C(=O)Nc2nc(C(C)(C)C)cs2)c(OC)c1. The highest BCUT2D eigenvalue weighted by Gasteiger charge is 2.19. The molecular formula is C16H20N2O3S. The number of nitrogens with one attached hydrogen (secondary N) is 1. The van der Waals surface area contributed by atoms with Crippen molar-refractivity contribution in [2.75, 3.05) is 19.5 Å². The first-order chi connectivity index (χ1) is 10.3. The summed E-state index contributed by atoms with van der Waals surface area (Å²) < 4.78 is 10.4. The van der Waals surface area contributed by atoms with E-state index in [4.69, 9.17) is 9.47 Å². The van der Waals surface area contributed by atoms with Crippen molar-refractivity contribution in [2.24, 2.45) is 0 Å². The third-order valence-corrected chi connectivity index (χ3v) is 3.90. The number of anilines is 1. The molecule has 1 amide bonds. The Morgan fingerprint density at radius 2 is 1.95 bits per heavy atom. The number of aromatic nitrogens is 1. The minimum atomic E-state index is -0.255. The first-order valence-electron chi connectivity index (χ1n) is 6.84. The molecule has 0 spiro atoms. The fourth-order valence-corrected chi connectivity index (χ4v) is 2.76. The molecule has 118 valence electrons. The van der Waals surface area contributed by atoms with Crippen LogP contribution in [0.25, 0.3) is 0 Å². The van der Waals surface area contributed by atoms with Crippen LogP contribution < -0.4 is 14.8 Å². The summed E-state index contributed by atoms with van der Waals surface area (Å²) in [6.45, 7) is 6.25. The van der Waals surface area contributed by atoms with Crippen LogP contribution in [0.2, 0.25) is 0 Å². The van der Waals surface area contributed by atoms with E-state index in [1.807, 2.05) is 5.38 Å². The Balaban J connectivity index is 2.20. The molecular weight excluding hydrogens is 300 g/mol. The molecule has 1 N–H and O–H groups in total. The zero-order valence-electron chi connectivity index (χ0n) is 13.4. The lowest BCUT2D eigenvalue weighted by Gasteiger charge is -2.14. The fraction of sp³-hybridized carbons (Fsp3) is 0.375. The molecule has 2 aromatic rings. The summed E-state index contributed by atoms with van der Waals surface area (Å²) in [5.74, 6) is 0.844. The van der Waals surface area contributed by atoms with Crippen LogP contribution in [0, 0.1) is 0 Å². The molecule has 22 heavy (non-hydrogen) atoms. The lowest BCUT2D eigenvalue weighted by Crippen LogP contribution is -2.15. The molecule has 1 heterocycles. The number of methoxy groups -OCH3 is 2. The zero-order valence-corrected chi connectivity index (χ0v) is 14.2. The van der Waals surface area contributed by atoms with Crippen molar-refractivity contribution in [3.05, 3.63) is 34.8 Å². The fourth-order valence-electron chi connectivity index (χ4n) is 1.83. The molecule has 0 aliphatic heterocycles. The highest BCUT2D eigenvalue weighted by molar-refractivity contribution is 7.14. The van der Waals surface area contributed by atoms with Gasteiger partial charge in [0, 0.05) is 16.9 Å². The summed E-state index contributed by atoms with van der Waals surface area (Å²) in [5.41, 5.74) is 1.35. The van der Waals surface area contributed by atoms with E-state index in [9.17, 15) is 4.79 Å². The molecule has 5 nitrogen and oxygen atoms in total. The minimum Gasteiger partial charge on any atom is -0.497 e. The molecule has 0 aliphatic rings. The number of carbonyl (C=O) groups excluding carboxylic acids is 1. The van der Waals surface area contributed by atoms with Gasteiger partial charge in [-0.1, -0.05) is 20.8 Å². The summed E-state index contributed by atoms with van der Waals surface area (Å²) in [6.07, 6.45) is 0. The largest absolute Gasteiger partial charge is 0.497 e. The lowest BCUT2D eigenvalue weighted by molar-refractivity contribution is 0.102. The standard InChI is InChI=1S/C16H20N2O3S/c1-16(2,3)13-9-22-15(17-13)18-14(19)11-7-6-10(20-4)8-12(11)21-5/h6-9H,1-5H3,(H,17,18,19). The molecule has 0 unspecified atom stereocenters.